The summed E-state index contributed by atoms with van der Waals surface area (Å²) >= 11 is 3.33. The summed E-state index contributed by atoms with van der Waals surface area (Å²) in [5.41, 5.74) is 5.36. The van der Waals surface area contributed by atoms with E-state index >= 15 is 0 Å². The van der Waals surface area contributed by atoms with Crippen LogP contribution in [0.3, 0.4) is 0 Å². The Morgan fingerprint density at radius 2 is 2.31 bits per heavy atom. The molecule has 1 aromatic rings. The number of rotatable bonds is 3. The Morgan fingerprint density at radius 3 is 2.94 bits per heavy atom. The van der Waals surface area contributed by atoms with E-state index in [2.05, 4.69) is 26.2 Å². The number of primary amides is 1. The molecule has 0 aromatic carbocycles. The van der Waals surface area contributed by atoms with Gasteiger partial charge in [0.1, 0.15) is 5.82 Å². The van der Waals surface area contributed by atoms with E-state index in [4.69, 9.17) is 5.73 Å². The summed E-state index contributed by atoms with van der Waals surface area (Å²) in [7, 11) is 0. The van der Waals surface area contributed by atoms with Crippen LogP contribution in [-0.4, -0.2) is 16.9 Å². The smallest absolute Gasteiger partial charge is 0.222 e. The van der Waals surface area contributed by atoms with Crippen LogP contribution < -0.4 is 11.1 Å². The van der Waals surface area contributed by atoms with Crippen molar-refractivity contribution < 1.29 is 4.79 Å². The minimum Gasteiger partial charge on any atom is -0.369 e. The zero-order valence-corrected chi connectivity index (χ0v) is 10.4. The molecule has 2 atom stereocenters. The largest absolute Gasteiger partial charge is 0.369 e. The fourth-order valence-corrected chi connectivity index (χ4v) is 2.36. The third kappa shape index (κ3) is 2.52. The number of amides is 1. The highest BCUT2D eigenvalue weighted by Gasteiger charge is 2.31. The van der Waals surface area contributed by atoms with Gasteiger partial charge in [-0.25, -0.2) is 4.98 Å². The number of carbonyl (C=O) groups is 1. The van der Waals surface area contributed by atoms with Gasteiger partial charge in [0.25, 0.3) is 0 Å². The molecule has 0 spiro atoms. The van der Waals surface area contributed by atoms with Gasteiger partial charge in [-0.15, -0.1) is 0 Å². The number of halogens is 1. The third-order valence-corrected chi connectivity index (χ3v) is 3.41. The van der Waals surface area contributed by atoms with Crippen molar-refractivity contribution in [1.29, 1.82) is 0 Å². The second kappa shape index (κ2) is 4.82. The second-order valence-electron chi connectivity index (χ2n) is 4.05. The van der Waals surface area contributed by atoms with Crippen molar-refractivity contribution in [3.63, 3.8) is 0 Å². The number of nitrogens with one attached hydrogen (secondary N) is 1. The van der Waals surface area contributed by atoms with Crippen LogP contribution >= 0.6 is 15.9 Å². The van der Waals surface area contributed by atoms with Crippen LogP contribution in [0.15, 0.2) is 22.8 Å². The van der Waals surface area contributed by atoms with Gasteiger partial charge in [-0.05, 0) is 40.9 Å². The first-order chi connectivity index (χ1) is 7.66. The monoisotopic (exact) mass is 283 g/mol. The van der Waals surface area contributed by atoms with Crippen molar-refractivity contribution in [1.82, 2.24) is 4.98 Å². The van der Waals surface area contributed by atoms with Crippen LogP contribution in [-0.2, 0) is 4.79 Å². The molecule has 1 aromatic heterocycles. The molecule has 3 N–H and O–H groups in total. The topological polar surface area (TPSA) is 68.0 Å². The van der Waals surface area contributed by atoms with Gasteiger partial charge in [0.2, 0.25) is 5.91 Å². The maximum Gasteiger partial charge on any atom is 0.222 e. The molecule has 1 amide bonds. The molecule has 5 heteroatoms. The molecule has 0 saturated heterocycles. The molecular formula is C11H14BrN3O. The van der Waals surface area contributed by atoms with Gasteiger partial charge in [-0.2, -0.15) is 0 Å². The molecule has 1 fully saturated rings. The third-order valence-electron chi connectivity index (χ3n) is 2.94. The van der Waals surface area contributed by atoms with Gasteiger partial charge in [0.05, 0.1) is 5.92 Å². The fourth-order valence-electron chi connectivity index (χ4n) is 2.12. The van der Waals surface area contributed by atoms with E-state index in [0.29, 0.717) is 0 Å². The molecule has 4 nitrogen and oxygen atoms in total. The van der Waals surface area contributed by atoms with Gasteiger partial charge in [0.15, 0.2) is 0 Å². The van der Waals surface area contributed by atoms with Crippen LogP contribution in [0.2, 0.25) is 0 Å². The van der Waals surface area contributed by atoms with Crippen molar-refractivity contribution in [2.45, 2.75) is 25.3 Å². The normalized spacial score (nSPS) is 24.3. The van der Waals surface area contributed by atoms with E-state index in [0.717, 1.165) is 29.6 Å². The van der Waals surface area contributed by atoms with E-state index < -0.39 is 0 Å². The van der Waals surface area contributed by atoms with Gasteiger partial charge >= 0.3 is 0 Å². The number of hydrogen-bond acceptors (Lipinski definition) is 3. The summed E-state index contributed by atoms with van der Waals surface area (Å²) in [5, 5.41) is 3.27. The van der Waals surface area contributed by atoms with Crippen molar-refractivity contribution in [3.05, 3.63) is 22.8 Å². The number of carbonyl (C=O) groups excluding carboxylic acids is 1. The quantitative estimate of drug-likeness (QED) is 0.891. The number of aromatic nitrogens is 1. The highest BCUT2D eigenvalue weighted by atomic mass is 79.9. The Hall–Kier alpha value is -1.10. The molecule has 1 saturated carbocycles. The SMILES string of the molecule is NC(=O)[C@H]1CCC[C@H]1Nc1ccc(Br)cn1. The van der Waals surface area contributed by atoms with E-state index in [1.54, 1.807) is 6.20 Å². The highest BCUT2D eigenvalue weighted by molar-refractivity contribution is 9.10. The van der Waals surface area contributed by atoms with Crippen molar-refractivity contribution in [2.75, 3.05) is 5.32 Å². The van der Waals surface area contributed by atoms with Crippen LogP contribution in [0, 0.1) is 5.92 Å². The lowest BCUT2D eigenvalue weighted by Crippen LogP contribution is -2.34. The minimum absolute atomic E-state index is 0.0644. The Morgan fingerprint density at radius 1 is 1.50 bits per heavy atom. The Balaban J connectivity index is 2.03. The fraction of sp³-hybridized carbons (Fsp3) is 0.455. The summed E-state index contributed by atoms with van der Waals surface area (Å²) in [6.07, 6.45) is 4.63. The summed E-state index contributed by atoms with van der Waals surface area (Å²) in [6.45, 7) is 0. The zero-order chi connectivity index (χ0) is 11.5. The first-order valence-corrected chi connectivity index (χ1v) is 6.13. The lowest BCUT2D eigenvalue weighted by atomic mass is 10.0. The van der Waals surface area contributed by atoms with Gasteiger partial charge in [-0.3, -0.25) is 4.79 Å². The molecule has 0 radical (unpaired) electrons. The van der Waals surface area contributed by atoms with Gasteiger partial charge < -0.3 is 11.1 Å². The highest BCUT2D eigenvalue weighted by Crippen LogP contribution is 2.27. The number of anilines is 1. The predicted octanol–water partition coefficient (Wildman–Crippen LogP) is 1.91. The molecule has 86 valence electrons. The number of pyridine rings is 1. The lowest BCUT2D eigenvalue weighted by molar-refractivity contribution is -0.121. The number of nitrogens with zero attached hydrogens (tertiary/aromatic N) is 1. The standard InChI is InChI=1S/C11H14BrN3O/c12-7-4-5-10(14-6-7)15-9-3-1-2-8(9)11(13)16/h4-6,8-9H,1-3H2,(H2,13,16)(H,14,15)/t8-,9+/m0/s1. The van der Waals surface area contributed by atoms with Crippen molar-refractivity contribution in [3.8, 4) is 0 Å². The average molecular weight is 284 g/mol. The Labute approximate surface area is 103 Å². The Kier molecular flexibility index (Phi) is 3.43. The van der Waals surface area contributed by atoms with E-state index in [1.807, 2.05) is 12.1 Å². The summed E-state index contributed by atoms with van der Waals surface area (Å²) in [4.78, 5) is 15.4. The summed E-state index contributed by atoms with van der Waals surface area (Å²) in [5.74, 6) is 0.513. The average Bonchev–Trinajstić information content (AvgIpc) is 2.69. The maximum atomic E-state index is 11.2. The Bertz CT molecular complexity index is 379. The molecule has 1 aliphatic rings. The second-order valence-corrected chi connectivity index (χ2v) is 4.97. The maximum absolute atomic E-state index is 11.2. The molecule has 0 bridgehead atoms. The van der Waals surface area contributed by atoms with Crippen LogP contribution in [0.5, 0.6) is 0 Å². The molecular weight excluding hydrogens is 270 g/mol. The molecule has 0 aliphatic heterocycles. The van der Waals surface area contributed by atoms with E-state index in [1.165, 1.54) is 0 Å². The lowest BCUT2D eigenvalue weighted by Gasteiger charge is -2.18. The molecule has 16 heavy (non-hydrogen) atoms. The molecule has 1 aliphatic carbocycles. The van der Waals surface area contributed by atoms with Crippen LogP contribution in [0.1, 0.15) is 19.3 Å². The van der Waals surface area contributed by atoms with Crippen molar-refractivity contribution >= 4 is 27.7 Å². The number of hydrogen-bond donors (Lipinski definition) is 2. The van der Waals surface area contributed by atoms with Gasteiger partial charge in [0, 0.05) is 16.7 Å². The summed E-state index contributed by atoms with van der Waals surface area (Å²) < 4.78 is 0.941. The molecule has 1 heterocycles. The predicted molar refractivity (Wildman–Crippen MR) is 65.9 cm³/mol. The minimum atomic E-state index is -0.216. The summed E-state index contributed by atoms with van der Waals surface area (Å²) in [6, 6.07) is 3.94. The first-order valence-electron chi connectivity index (χ1n) is 5.34. The van der Waals surface area contributed by atoms with E-state index in [9.17, 15) is 4.79 Å². The first kappa shape index (κ1) is 11.4. The zero-order valence-electron chi connectivity index (χ0n) is 8.82. The van der Waals surface area contributed by atoms with Crippen LogP contribution in [0.4, 0.5) is 5.82 Å². The van der Waals surface area contributed by atoms with E-state index in [-0.39, 0.29) is 17.9 Å². The van der Waals surface area contributed by atoms with Gasteiger partial charge in [-0.1, -0.05) is 6.42 Å². The number of nitrogens with two attached hydrogens (primary N) is 1. The molecule has 2 rings (SSSR count). The van der Waals surface area contributed by atoms with Crippen molar-refractivity contribution in [2.24, 2.45) is 11.7 Å². The molecule has 0 unspecified atom stereocenters. The van der Waals surface area contributed by atoms with Crippen LogP contribution in [0.25, 0.3) is 0 Å².